The highest BCUT2D eigenvalue weighted by molar-refractivity contribution is 5.76. The summed E-state index contributed by atoms with van der Waals surface area (Å²) in [7, 11) is 0. The summed E-state index contributed by atoms with van der Waals surface area (Å²) < 4.78 is 0. The molecule has 0 radical (unpaired) electrons. The molecule has 0 aliphatic carbocycles. The Bertz CT molecular complexity index is 267. The van der Waals surface area contributed by atoms with Crippen LogP contribution in [0.15, 0.2) is 0 Å². The Balaban J connectivity index is 3.60. The number of hydrogen-bond acceptors (Lipinski definition) is 3. The quantitative estimate of drug-likeness (QED) is 0.522. The van der Waals surface area contributed by atoms with Crippen molar-refractivity contribution < 1.29 is 9.59 Å². The fourth-order valence-electron chi connectivity index (χ4n) is 1.93. The second kappa shape index (κ2) is 10.8. The molecule has 4 N–H and O–H groups in total. The van der Waals surface area contributed by atoms with Crippen molar-refractivity contribution in [3.63, 3.8) is 0 Å². The molecule has 0 aliphatic heterocycles. The maximum absolute atomic E-state index is 11.7. The molecule has 0 bridgehead atoms. The Hall–Kier alpha value is -1.10. The number of nitrogens with two attached hydrogens (primary N) is 1. The zero-order valence-corrected chi connectivity index (χ0v) is 12.5. The van der Waals surface area contributed by atoms with Crippen LogP contribution >= 0.6 is 0 Å². The van der Waals surface area contributed by atoms with Crippen LogP contribution in [0.25, 0.3) is 0 Å². The van der Waals surface area contributed by atoms with Gasteiger partial charge >= 0.3 is 0 Å². The average molecular weight is 271 g/mol. The van der Waals surface area contributed by atoms with Gasteiger partial charge in [-0.15, -0.1) is 0 Å². The lowest BCUT2D eigenvalue weighted by atomic mass is 10.0. The standard InChI is InChI=1S/C14H29N3O2/c1-11(2)9-13(10-15)17-14(19)7-5-4-6-8-16-12(3)18/h11,13H,4-10,15H2,1-3H3,(H,16,18)(H,17,19). The minimum absolute atomic E-state index is 0.00258. The van der Waals surface area contributed by atoms with Gasteiger partial charge in [0, 0.05) is 32.5 Å². The molecular weight excluding hydrogens is 242 g/mol. The highest BCUT2D eigenvalue weighted by Crippen LogP contribution is 2.05. The summed E-state index contributed by atoms with van der Waals surface area (Å²) >= 11 is 0. The highest BCUT2D eigenvalue weighted by atomic mass is 16.2. The second-order valence-corrected chi connectivity index (χ2v) is 5.42. The van der Waals surface area contributed by atoms with Crippen molar-refractivity contribution in [1.82, 2.24) is 10.6 Å². The van der Waals surface area contributed by atoms with Crippen molar-refractivity contribution in [2.24, 2.45) is 11.7 Å². The summed E-state index contributed by atoms with van der Waals surface area (Å²) in [5.41, 5.74) is 5.64. The van der Waals surface area contributed by atoms with Gasteiger partial charge in [-0.25, -0.2) is 0 Å². The Morgan fingerprint density at radius 3 is 2.37 bits per heavy atom. The smallest absolute Gasteiger partial charge is 0.220 e. The molecule has 0 spiro atoms. The number of amides is 2. The number of hydrogen-bond donors (Lipinski definition) is 3. The molecular formula is C14H29N3O2. The number of carbonyl (C=O) groups excluding carboxylic acids is 2. The van der Waals surface area contributed by atoms with Crippen LogP contribution in [0.1, 0.15) is 52.9 Å². The average Bonchev–Trinajstić information content (AvgIpc) is 2.31. The van der Waals surface area contributed by atoms with Gasteiger partial charge in [-0.1, -0.05) is 20.3 Å². The zero-order valence-electron chi connectivity index (χ0n) is 12.5. The van der Waals surface area contributed by atoms with Crippen molar-refractivity contribution in [3.05, 3.63) is 0 Å². The first kappa shape index (κ1) is 17.9. The van der Waals surface area contributed by atoms with Crippen molar-refractivity contribution in [2.45, 2.75) is 58.9 Å². The molecule has 1 atom stereocenters. The van der Waals surface area contributed by atoms with Crippen molar-refractivity contribution in [1.29, 1.82) is 0 Å². The number of rotatable bonds is 10. The summed E-state index contributed by atoms with van der Waals surface area (Å²) in [5, 5.41) is 5.71. The largest absolute Gasteiger partial charge is 0.356 e. The van der Waals surface area contributed by atoms with Crippen LogP contribution in [0.2, 0.25) is 0 Å². The van der Waals surface area contributed by atoms with E-state index < -0.39 is 0 Å². The van der Waals surface area contributed by atoms with Crippen LogP contribution in [0, 0.1) is 5.92 Å². The molecule has 0 aromatic heterocycles. The molecule has 1 unspecified atom stereocenters. The van der Waals surface area contributed by atoms with E-state index in [1.807, 2.05) is 0 Å². The van der Waals surface area contributed by atoms with E-state index in [1.54, 1.807) is 0 Å². The lowest BCUT2D eigenvalue weighted by molar-refractivity contribution is -0.122. The molecule has 0 aliphatic rings. The first-order chi connectivity index (χ1) is 8.95. The van der Waals surface area contributed by atoms with Crippen LogP contribution in [0.4, 0.5) is 0 Å². The number of carbonyl (C=O) groups is 2. The highest BCUT2D eigenvalue weighted by Gasteiger charge is 2.11. The van der Waals surface area contributed by atoms with Gasteiger partial charge in [0.15, 0.2) is 0 Å². The molecule has 5 heteroatoms. The van der Waals surface area contributed by atoms with Gasteiger partial charge in [0.2, 0.25) is 11.8 Å². The lowest BCUT2D eigenvalue weighted by Gasteiger charge is -2.18. The first-order valence-corrected chi connectivity index (χ1v) is 7.19. The van der Waals surface area contributed by atoms with Crippen LogP contribution in [0.3, 0.4) is 0 Å². The van der Waals surface area contributed by atoms with E-state index in [0.29, 0.717) is 25.4 Å². The van der Waals surface area contributed by atoms with Crippen molar-refractivity contribution in [3.8, 4) is 0 Å². The van der Waals surface area contributed by atoms with E-state index in [2.05, 4.69) is 24.5 Å². The molecule has 0 saturated carbocycles. The second-order valence-electron chi connectivity index (χ2n) is 5.42. The van der Waals surface area contributed by atoms with E-state index in [-0.39, 0.29) is 17.9 Å². The number of unbranched alkanes of at least 4 members (excludes halogenated alkanes) is 2. The van der Waals surface area contributed by atoms with Gasteiger partial charge in [-0.05, 0) is 25.2 Å². The molecule has 5 nitrogen and oxygen atoms in total. The van der Waals surface area contributed by atoms with E-state index in [4.69, 9.17) is 5.73 Å². The molecule has 0 saturated heterocycles. The predicted octanol–water partition coefficient (Wildman–Crippen LogP) is 1.17. The van der Waals surface area contributed by atoms with Crippen molar-refractivity contribution in [2.75, 3.05) is 13.1 Å². The maximum atomic E-state index is 11.7. The molecule has 0 heterocycles. The van der Waals surface area contributed by atoms with Crippen LogP contribution in [0.5, 0.6) is 0 Å². The monoisotopic (exact) mass is 271 g/mol. The normalized spacial score (nSPS) is 12.3. The van der Waals surface area contributed by atoms with Crippen molar-refractivity contribution >= 4 is 11.8 Å². The summed E-state index contributed by atoms with van der Waals surface area (Å²) in [6.45, 7) is 6.94. The fraction of sp³-hybridized carbons (Fsp3) is 0.857. The summed E-state index contributed by atoms with van der Waals surface area (Å²) in [5.74, 6) is 0.611. The van der Waals surface area contributed by atoms with Crippen LogP contribution in [-0.2, 0) is 9.59 Å². The van der Waals surface area contributed by atoms with Gasteiger partial charge in [0.05, 0.1) is 0 Å². The van der Waals surface area contributed by atoms with Gasteiger partial charge in [-0.2, -0.15) is 0 Å². The third-order valence-corrected chi connectivity index (χ3v) is 2.86. The van der Waals surface area contributed by atoms with Gasteiger partial charge in [-0.3, -0.25) is 9.59 Å². The summed E-state index contributed by atoms with van der Waals surface area (Å²) in [4.78, 5) is 22.3. The molecule has 0 rings (SSSR count). The molecule has 0 aromatic rings. The van der Waals surface area contributed by atoms with Gasteiger partial charge < -0.3 is 16.4 Å². The first-order valence-electron chi connectivity index (χ1n) is 7.19. The molecule has 0 aromatic carbocycles. The Labute approximate surface area is 116 Å². The minimum Gasteiger partial charge on any atom is -0.356 e. The zero-order chi connectivity index (χ0) is 14.7. The third kappa shape index (κ3) is 11.7. The summed E-state index contributed by atoms with van der Waals surface area (Å²) in [6.07, 6.45) is 4.17. The predicted molar refractivity (Wildman–Crippen MR) is 77.6 cm³/mol. The van der Waals surface area contributed by atoms with E-state index in [0.717, 1.165) is 25.7 Å². The molecule has 112 valence electrons. The van der Waals surface area contributed by atoms with Crippen LogP contribution < -0.4 is 16.4 Å². The SMILES string of the molecule is CC(=O)NCCCCCC(=O)NC(CN)CC(C)C. The third-order valence-electron chi connectivity index (χ3n) is 2.86. The Morgan fingerprint density at radius 1 is 1.16 bits per heavy atom. The fourth-order valence-corrected chi connectivity index (χ4v) is 1.93. The van der Waals surface area contributed by atoms with E-state index >= 15 is 0 Å². The van der Waals surface area contributed by atoms with Gasteiger partial charge in [0.25, 0.3) is 0 Å². The Kier molecular flexibility index (Phi) is 10.2. The van der Waals surface area contributed by atoms with Gasteiger partial charge in [0.1, 0.15) is 0 Å². The summed E-state index contributed by atoms with van der Waals surface area (Å²) in [6, 6.07) is 0.0897. The number of nitrogens with one attached hydrogen (secondary N) is 2. The topological polar surface area (TPSA) is 84.2 Å². The molecule has 2 amide bonds. The maximum Gasteiger partial charge on any atom is 0.220 e. The van der Waals surface area contributed by atoms with Crippen LogP contribution in [-0.4, -0.2) is 30.9 Å². The molecule has 19 heavy (non-hydrogen) atoms. The minimum atomic E-state index is -0.00258. The lowest BCUT2D eigenvalue weighted by Crippen LogP contribution is -2.40. The van der Waals surface area contributed by atoms with E-state index in [9.17, 15) is 9.59 Å². The Morgan fingerprint density at radius 2 is 1.84 bits per heavy atom. The molecule has 0 fully saturated rings. The van der Waals surface area contributed by atoms with E-state index in [1.165, 1.54) is 6.92 Å².